The molecule has 1 aliphatic rings. The van der Waals surface area contributed by atoms with Crippen molar-refractivity contribution in [3.63, 3.8) is 0 Å². The summed E-state index contributed by atoms with van der Waals surface area (Å²) >= 11 is 0. The molecular formula is C10H20O. The van der Waals surface area contributed by atoms with Gasteiger partial charge in [0.15, 0.2) is 0 Å². The Hall–Kier alpha value is -0.0400. The van der Waals surface area contributed by atoms with E-state index in [4.69, 9.17) is 5.11 Å². The van der Waals surface area contributed by atoms with Crippen LogP contribution in [-0.2, 0) is 0 Å². The Bertz CT molecular complexity index is 129. The Morgan fingerprint density at radius 3 is 2.36 bits per heavy atom. The maximum Gasteiger partial charge on any atom is 0.0464 e. The topological polar surface area (TPSA) is 20.2 Å². The molecule has 0 aromatic heterocycles. The van der Waals surface area contributed by atoms with Crippen LogP contribution in [0, 0.1) is 17.3 Å². The van der Waals surface area contributed by atoms with Gasteiger partial charge in [0.2, 0.25) is 0 Å². The summed E-state index contributed by atoms with van der Waals surface area (Å²) in [6.07, 6.45) is 3.87. The summed E-state index contributed by atoms with van der Waals surface area (Å²) < 4.78 is 0. The summed E-state index contributed by atoms with van der Waals surface area (Å²) in [5, 5.41) is 9.01. The standard InChI is InChI=1S/C10H20O/c1-4-5-8-6-9(7-11)10(8,2)3/h8-9,11H,4-7H2,1-3H3. The second kappa shape index (κ2) is 3.14. The van der Waals surface area contributed by atoms with Gasteiger partial charge in [-0.1, -0.05) is 33.6 Å². The van der Waals surface area contributed by atoms with E-state index in [2.05, 4.69) is 20.8 Å². The molecular weight excluding hydrogens is 136 g/mol. The molecule has 0 heterocycles. The summed E-state index contributed by atoms with van der Waals surface area (Å²) in [6, 6.07) is 0. The molecule has 1 N–H and O–H groups in total. The van der Waals surface area contributed by atoms with Crippen molar-refractivity contribution in [2.24, 2.45) is 17.3 Å². The molecule has 66 valence electrons. The molecule has 0 bridgehead atoms. The summed E-state index contributed by atoms with van der Waals surface area (Å²) in [5.74, 6) is 1.43. The number of hydrogen-bond acceptors (Lipinski definition) is 1. The first-order chi connectivity index (χ1) is 5.12. The SMILES string of the molecule is CCCC1CC(CO)C1(C)C. The van der Waals surface area contributed by atoms with Crippen LogP contribution in [0.1, 0.15) is 40.0 Å². The Morgan fingerprint density at radius 1 is 1.36 bits per heavy atom. The van der Waals surface area contributed by atoms with Gasteiger partial charge in [0.1, 0.15) is 0 Å². The lowest BCUT2D eigenvalue weighted by Gasteiger charge is -2.52. The molecule has 11 heavy (non-hydrogen) atoms. The van der Waals surface area contributed by atoms with E-state index in [0.717, 1.165) is 5.92 Å². The molecule has 1 fully saturated rings. The zero-order valence-electron chi connectivity index (χ0n) is 7.93. The molecule has 0 amide bonds. The number of rotatable bonds is 3. The molecule has 0 spiro atoms. The zero-order valence-corrected chi connectivity index (χ0v) is 7.93. The first kappa shape index (κ1) is 9.05. The van der Waals surface area contributed by atoms with E-state index in [0.29, 0.717) is 17.9 Å². The molecule has 2 atom stereocenters. The van der Waals surface area contributed by atoms with E-state index in [9.17, 15) is 0 Å². The molecule has 0 aliphatic heterocycles. The van der Waals surface area contributed by atoms with Crippen molar-refractivity contribution in [2.45, 2.75) is 40.0 Å². The first-order valence-corrected chi connectivity index (χ1v) is 4.73. The third-order valence-electron chi connectivity index (χ3n) is 3.53. The van der Waals surface area contributed by atoms with Crippen molar-refractivity contribution in [1.29, 1.82) is 0 Å². The quantitative estimate of drug-likeness (QED) is 0.665. The van der Waals surface area contributed by atoms with E-state index in [-0.39, 0.29) is 0 Å². The van der Waals surface area contributed by atoms with Gasteiger partial charge < -0.3 is 5.11 Å². The van der Waals surface area contributed by atoms with Gasteiger partial charge in [-0.25, -0.2) is 0 Å². The van der Waals surface area contributed by atoms with Gasteiger partial charge >= 0.3 is 0 Å². The third-order valence-corrected chi connectivity index (χ3v) is 3.53. The van der Waals surface area contributed by atoms with Crippen molar-refractivity contribution >= 4 is 0 Å². The van der Waals surface area contributed by atoms with Crippen LogP contribution in [0.2, 0.25) is 0 Å². The monoisotopic (exact) mass is 156 g/mol. The van der Waals surface area contributed by atoms with E-state index >= 15 is 0 Å². The maximum atomic E-state index is 9.01. The molecule has 1 nitrogen and oxygen atoms in total. The van der Waals surface area contributed by atoms with Crippen LogP contribution >= 0.6 is 0 Å². The molecule has 1 rings (SSSR count). The number of hydrogen-bond donors (Lipinski definition) is 1. The average molecular weight is 156 g/mol. The molecule has 2 unspecified atom stereocenters. The maximum absolute atomic E-state index is 9.01. The fraction of sp³-hybridized carbons (Fsp3) is 1.00. The minimum atomic E-state index is 0.382. The lowest BCUT2D eigenvalue weighted by Crippen LogP contribution is -2.46. The fourth-order valence-corrected chi connectivity index (χ4v) is 2.27. The van der Waals surface area contributed by atoms with Crippen molar-refractivity contribution in [3.05, 3.63) is 0 Å². The summed E-state index contributed by atoms with van der Waals surface area (Å²) in [6.45, 7) is 7.20. The van der Waals surface area contributed by atoms with Crippen LogP contribution in [0.15, 0.2) is 0 Å². The van der Waals surface area contributed by atoms with E-state index in [1.54, 1.807) is 0 Å². The summed E-state index contributed by atoms with van der Waals surface area (Å²) in [4.78, 5) is 0. The molecule has 1 heteroatoms. The highest BCUT2D eigenvalue weighted by Crippen LogP contribution is 2.52. The van der Waals surface area contributed by atoms with Crippen LogP contribution in [0.4, 0.5) is 0 Å². The van der Waals surface area contributed by atoms with Crippen LogP contribution in [0.5, 0.6) is 0 Å². The predicted octanol–water partition coefficient (Wildman–Crippen LogP) is 2.44. The van der Waals surface area contributed by atoms with Crippen LogP contribution in [0.25, 0.3) is 0 Å². The van der Waals surface area contributed by atoms with Crippen LogP contribution in [-0.4, -0.2) is 11.7 Å². The Balaban J connectivity index is 2.40. The molecule has 0 aromatic carbocycles. The molecule has 1 saturated carbocycles. The molecule has 0 radical (unpaired) electrons. The minimum absolute atomic E-state index is 0.382. The van der Waals surface area contributed by atoms with E-state index in [1.807, 2.05) is 0 Å². The van der Waals surface area contributed by atoms with Gasteiger partial charge in [-0.3, -0.25) is 0 Å². The largest absolute Gasteiger partial charge is 0.396 e. The van der Waals surface area contributed by atoms with Crippen molar-refractivity contribution in [1.82, 2.24) is 0 Å². The van der Waals surface area contributed by atoms with E-state index in [1.165, 1.54) is 19.3 Å². The highest BCUT2D eigenvalue weighted by atomic mass is 16.3. The molecule has 0 saturated heterocycles. The Labute approximate surface area is 69.8 Å². The lowest BCUT2D eigenvalue weighted by atomic mass is 9.54. The lowest BCUT2D eigenvalue weighted by molar-refractivity contribution is -0.0556. The highest BCUT2D eigenvalue weighted by Gasteiger charge is 2.46. The Kier molecular flexibility index (Phi) is 2.58. The average Bonchev–Trinajstić information content (AvgIpc) is 1.97. The van der Waals surface area contributed by atoms with Gasteiger partial charge in [-0.15, -0.1) is 0 Å². The van der Waals surface area contributed by atoms with Crippen molar-refractivity contribution in [3.8, 4) is 0 Å². The fourth-order valence-electron chi connectivity index (χ4n) is 2.27. The van der Waals surface area contributed by atoms with Crippen molar-refractivity contribution in [2.75, 3.05) is 6.61 Å². The van der Waals surface area contributed by atoms with Gasteiger partial charge in [-0.05, 0) is 23.7 Å². The van der Waals surface area contributed by atoms with Crippen molar-refractivity contribution < 1.29 is 5.11 Å². The molecule has 1 aliphatic carbocycles. The minimum Gasteiger partial charge on any atom is -0.396 e. The smallest absolute Gasteiger partial charge is 0.0464 e. The van der Waals surface area contributed by atoms with Crippen LogP contribution < -0.4 is 0 Å². The molecule has 0 aromatic rings. The summed E-state index contributed by atoms with van der Waals surface area (Å²) in [5.41, 5.74) is 0.408. The van der Waals surface area contributed by atoms with Gasteiger partial charge in [0.05, 0.1) is 0 Å². The normalized spacial score (nSPS) is 34.9. The van der Waals surface area contributed by atoms with Crippen LogP contribution in [0.3, 0.4) is 0 Å². The van der Waals surface area contributed by atoms with Gasteiger partial charge in [0, 0.05) is 6.61 Å². The van der Waals surface area contributed by atoms with Gasteiger partial charge in [0.25, 0.3) is 0 Å². The first-order valence-electron chi connectivity index (χ1n) is 4.73. The summed E-state index contributed by atoms with van der Waals surface area (Å²) in [7, 11) is 0. The Morgan fingerprint density at radius 2 is 2.00 bits per heavy atom. The second-order valence-electron chi connectivity index (χ2n) is 4.42. The number of aliphatic hydroxyl groups excluding tert-OH is 1. The predicted molar refractivity (Wildman–Crippen MR) is 47.4 cm³/mol. The van der Waals surface area contributed by atoms with Gasteiger partial charge in [-0.2, -0.15) is 0 Å². The zero-order chi connectivity index (χ0) is 8.48. The second-order valence-corrected chi connectivity index (χ2v) is 4.42. The number of aliphatic hydroxyl groups is 1. The third kappa shape index (κ3) is 1.44. The van der Waals surface area contributed by atoms with E-state index < -0.39 is 0 Å². The highest BCUT2D eigenvalue weighted by molar-refractivity contribution is 4.95.